The van der Waals surface area contributed by atoms with Gasteiger partial charge in [-0.3, -0.25) is 4.99 Å². The fourth-order valence-electron chi connectivity index (χ4n) is 4.51. The summed E-state index contributed by atoms with van der Waals surface area (Å²) in [6.45, 7) is 10.4. The molecule has 148 valence electrons. The molecule has 5 nitrogen and oxygen atoms in total. The van der Waals surface area contributed by atoms with Crippen molar-refractivity contribution in [3.8, 4) is 17.2 Å². The number of ether oxygens (including phenoxy) is 3. The van der Waals surface area contributed by atoms with Gasteiger partial charge in [-0.1, -0.05) is 6.92 Å². The number of methoxy groups -OCH3 is 1. The van der Waals surface area contributed by atoms with E-state index >= 15 is 0 Å². The highest BCUT2D eigenvalue weighted by Crippen LogP contribution is 2.45. The molecule has 0 aliphatic carbocycles. The molecule has 0 fully saturated rings. The van der Waals surface area contributed by atoms with Crippen molar-refractivity contribution in [1.82, 2.24) is 0 Å². The SMILES string of the molecule is CCN1c2cc(OC)c(C=Nc3ccc4c(c3)OCO4)cc2C(C)CC1(C)C. The van der Waals surface area contributed by atoms with Crippen LogP contribution in [0.4, 0.5) is 11.4 Å². The molecule has 0 N–H and O–H groups in total. The van der Waals surface area contributed by atoms with E-state index in [9.17, 15) is 0 Å². The third kappa shape index (κ3) is 3.19. The molecule has 1 atom stereocenters. The molecule has 5 heteroatoms. The molecule has 2 aliphatic heterocycles. The summed E-state index contributed by atoms with van der Waals surface area (Å²) >= 11 is 0. The first-order valence-electron chi connectivity index (χ1n) is 9.86. The van der Waals surface area contributed by atoms with Crippen molar-refractivity contribution in [2.45, 2.75) is 45.6 Å². The average molecular weight is 380 g/mol. The van der Waals surface area contributed by atoms with Gasteiger partial charge in [0.2, 0.25) is 6.79 Å². The minimum Gasteiger partial charge on any atom is -0.496 e. The molecule has 0 saturated carbocycles. The van der Waals surface area contributed by atoms with Crippen LogP contribution in [0.25, 0.3) is 0 Å². The first-order valence-corrected chi connectivity index (χ1v) is 9.86. The minimum atomic E-state index is 0.133. The zero-order chi connectivity index (χ0) is 19.9. The van der Waals surface area contributed by atoms with Crippen molar-refractivity contribution in [1.29, 1.82) is 0 Å². The van der Waals surface area contributed by atoms with Gasteiger partial charge in [0.05, 0.1) is 12.8 Å². The largest absolute Gasteiger partial charge is 0.496 e. The number of benzene rings is 2. The molecule has 0 aromatic heterocycles. The molecule has 2 aromatic carbocycles. The zero-order valence-electron chi connectivity index (χ0n) is 17.3. The van der Waals surface area contributed by atoms with Crippen molar-refractivity contribution >= 4 is 17.6 Å². The molecular weight excluding hydrogens is 352 g/mol. The van der Waals surface area contributed by atoms with E-state index < -0.39 is 0 Å². The third-order valence-electron chi connectivity index (χ3n) is 5.76. The van der Waals surface area contributed by atoms with Crippen LogP contribution in [0.1, 0.15) is 51.2 Å². The van der Waals surface area contributed by atoms with E-state index in [1.807, 2.05) is 24.4 Å². The monoisotopic (exact) mass is 380 g/mol. The van der Waals surface area contributed by atoms with Crippen LogP contribution in [0.3, 0.4) is 0 Å². The first-order chi connectivity index (χ1) is 13.4. The van der Waals surface area contributed by atoms with Gasteiger partial charge in [-0.05, 0) is 56.9 Å². The van der Waals surface area contributed by atoms with Crippen LogP contribution in [-0.4, -0.2) is 32.2 Å². The summed E-state index contributed by atoms with van der Waals surface area (Å²) in [4.78, 5) is 7.13. The molecule has 28 heavy (non-hydrogen) atoms. The zero-order valence-corrected chi connectivity index (χ0v) is 17.3. The third-order valence-corrected chi connectivity index (χ3v) is 5.76. The van der Waals surface area contributed by atoms with Crippen LogP contribution in [0.15, 0.2) is 35.3 Å². The van der Waals surface area contributed by atoms with Crippen LogP contribution in [0.5, 0.6) is 17.2 Å². The maximum absolute atomic E-state index is 5.71. The number of fused-ring (bicyclic) bond motifs is 2. The summed E-state index contributed by atoms with van der Waals surface area (Å²) in [6, 6.07) is 10.1. The Hall–Kier alpha value is -2.69. The fraction of sp³-hybridized carbons (Fsp3) is 0.435. The van der Waals surface area contributed by atoms with Gasteiger partial charge in [0.1, 0.15) is 5.75 Å². The molecule has 2 heterocycles. The summed E-state index contributed by atoms with van der Waals surface area (Å²) < 4.78 is 16.5. The fourth-order valence-corrected chi connectivity index (χ4v) is 4.51. The number of aliphatic imine (C=N–C) groups is 1. The molecule has 0 radical (unpaired) electrons. The van der Waals surface area contributed by atoms with Crippen LogP contribution in [0.2, 0.25) is 0 Å². The van der Waals surface area contributed by atoms with Crippen LogP contribution >= 0.6 is 0 Å². The van der Waals surface area contributed by atoms with E-state index in [0.29, 0.717) is 5.92 Å². The average Bonchev–Trinajstić information content (AvgIpc) is 3.13. The summed E-state index contributed by atoms with van der Waals surface area (Å²) in [7, 11) is 1.72. The van der Waals surface area contributed by atoms with E-state index in [1.54, 1.807) is 7.11 Å². The molecule has 0 amide bonds. The summed E-state index contributed by atoms with van der Waals surface area (Å²) in [5.74, 6) is 2.82. The summed E-state index contributed by atoms with van der Waals surface area (Å²) in [5, 5.41) is 0. The van der Waals surface area contributed by atoms with Crippen molar-refractivity contribution in [3.05, 3.63) is 41.5 Å². The smallest absolute Gasteiger partial charge is 0.231 e. The highest BCUT2D eigenvalue weighted by atomic mass is 16.7. The summed E-state index contributed by atoms with van der Waals surface area (Å²) in [6.07, 6.45) is 3.00. The number of hydrogen-bond acceptors (Lipinski definition) is 5. The maximum Gasteiger partial charge on any atom is 0.231 e. The van der Waals surface area contributed by atoms with Gasteiger partial charge in [0.25, 0.3) is 0 Å². The van der Waals surface area contributed by atoms with Crippen LogP contribution in [-0.2, 0) is 0 Å². The lowest BCUT2D eigenvalue weighted by molar-refractivity contribution is 0.174. The van der Waals surface area contributed by atoms with Gasteiger partial charge in [-0.25, -0.2) is 0 Å². The van der Waals surface area contributed by atoms with Crippen molar-refractivity contribution in [3.63, 3.8) is 0 Å². The topological polar surface area (TPSA) is 43.3 Å². The Labute approximate surface area is 166 Å². The Morgan fingerprint density at radius 2 is 2.00 bits per heavy atom. The number of nitrogens with zero attached hydrogens (tertiary/aromatic N) is 2. The quantitative estimate of drug-likeness (QED) is 0.676. The van der Waals surface area contributed by atoms with Crippen LogP contribution < -0.4 is 19.1 Å². The Balaban J connectivity index is 1.71. The Kier molecular flexibility index (Phi) is 4.69. The van der Waals surface area contributed by atoms with E-state index in [1.165, 1.54) is 11.3 Å². The second-order valence-corrected chi connectivity index (χ2v) is 8.11. The van der Waals surface area contributed by atoms with Gasteiger partial charge in [-0.15, -0.1) is 0 Å². The number of rotatable bonds is 4. The second-order valence-electron chi connectivity index (χ2n) is 8.11. The van der Waals surface area contributed by atoms with Gasteiger partial charge in [0.15, 0.2) is 11.5 Å². The Morgan fingerprint density at radius 3 is 2.75 bits per heavy atom. The van der Waals surface area contributed by atoms with Crippen LogP contribution in [0, 0.1) is 0 Å². The molecule has 0 saturated heterocycles. The Morgan fingerprint density at radius 1 is 1.21 bits per heavy atom. The lowest BCUT2D eigenvalue weighted by Gasteiger charge is -2.47. The molecule has 0 spiro atoms. The van der Waals surface area contributed by atoms with E-state index in [2.05, 4.69) is 49.7 Å². The van der Waals surface area contributed by atoms with E-state index in [0.717, 1.165) is 41.5 Å². The van der Waals surface area contributed by atoms with Crippen molar-refractivity contribution in [2.24, 2.45) is 4.99 Å². The highest BCUT2D eigenvalue weighted by molar-refractivity contribution is 5.88. The second kappa shape index (κ2) is 7.04. The first kappa shape index (κ1) is 18.7. The highest BCUT2D eigenvalue weighted by Gasteiger charge is 2.36. The molecule has 2 aromatic rings. The van der Waals surface area contributed by atoms with Gasteiger partial charge >= 0.3 is 0 Å². The lowest BCUT2D eigenvalue weighted by atomic mass is 9.79. The maximum atomic E-state index is 5.71. The molecule has 0 bridgehead atoms. The summed E-state index contributed by atoms with van der Waals surface area (Å²) in [5.41, 5.74) is 4.57. The molecule has 1 unspecified atom stereocenters. The number of anilines is 1. The normalized spacial score (nSPS) is 19.8. The molecule has 4 rings (SSSR count). The van der Waals surface area contributed by atoms with Gasteiger partial charge < -0.3 is 19.1 Å². The Bertz CT molecular complexity index is 920. The van der Waals surface area contributed by atoms with E-state index in [-0.39, 0.29) is 12.3 Å². The molecule has 2 aliphatic rings. The predicted octanol–water partition coefficient (Wildman–Crippen LogP) is 5.29. The van der Waals surface area contributed by atoms with Crippen molar-refractivity contribution < 1.29 is 14.2 Å². The standard InChI is InChI=1S/C23H28N2O3/c1-6-25-19-11-21(26-5)16(9-18(19)15(2)12-23(25,3)4)13-24-17-7-8-20-22(10-17)28-14-27-20/h7-11,13,15H,6,12,14H2,1-5H3. The lowest BCUT2D eigenvalue weighted by Crippen LogP contribution is -2.48. The van der Waals surface area contributed by atoms with Gasteiger partial charge in [0, 0.05) is 41.7 Å². The predicted molar refractivity (Wildman–Crippen MR) is 113 cm³/mol. The number of hydrogen-bond donors (Lipinski definition) is 0. The van der Waals surface area contributed by atoms with Gasteiger partial charge in [-0.2, -0.15) is 0 Å². The minimum absolute atomic E-state index is 0.133. The molecular formula is C23H28N2O3. The van der Waals surface area contributed by atoms with E-state index in [4.69, 9.17) is 14.2 Å². The van der Waals surface area contributed by atoms with Crippen molar-refractivity contribution in [2.75, 3.05) is 25.3 Å².